The fourth-order valence-electron chi connectivity index (χ4n) is 5.02. The standard InChI is InChI=1S/C33H34FN7O3/c1-3-20-14-25(30(34)27(15-20)44-4-2)31(39-23-10-11-24-22(16-23)12-13-37-32(24)36)33-40-26(21-8-6-5-7-9-21)18-41(33)19-29(43)38-17-28(35)42/h5-16,18,31,39H,3-4,17,19H2,1-2H3,(H2,35,42)(H2,36,37)(H,38,43). The number of imidazole rings is 1. The van der Waals surface area contributed by atoms with Crippen molar-refractivity contribution in [2.75, 3.05) is 24.2 Å². The summed E-state index contributed by atoms with van der Waals surface area (Å²) >= 11 is 0. The van der Waals surface area contributed by atoms with Gasteiger partial charge < -0.3 is 31.4 Å². The minimum absolute atomic E-state index is 0.131. The third kappa shape index (κ3) is 6.62. The van der Waals surface area contributed by atoms with Gasteiger partial charge in [-0.25, -0.2) is 14.4 Å². The van der Waals surface area contributed by atoms with Crippen LogP contribution in [0.2, 0.25) is 0 Å². The van der Waals surface area contributed by atoms with Crippen molar-refractivity contribution in [3.05, 3.63) is 102 Å². The number of carbonyl (C=O) groups excluding carboxylic acids is 2. The van der Waals surface area contributed by atoms with E-state index in [0.717, 1.165) is 21.9 Å². The molecule has 0 bridgehead atoms. The molecule has 10 nitrogen and oxygen atoms in total. The fourth-order valence-corrected chi connectivity index (χ4v) is 5.02. The van der Waals surface area contributed by atoms with Crippen LogP contribution in [0.15, 0.2) is 79.1 Å². The van der Waals surface area contributed by atoms with Gasteiger partial charge in [0.1, 0.15) is 24.2 Å². The van der Waals surface area contributed by atoms with Crippen LogP contribution in [0.4, 0.5) is 15.9 Å². The highest BCUT2D eigenvalue weighted by Crippen LogP contribution is 2.36. The molecule has 0 spiro atoms. The number of aryl methyl sites for hydroxylation is 1. The van der Waals surface area contributed by atoms with E-state index in [9.17, 15) is 9.59 Å². The topological polar surface area (TPSA) is 150 Å². The molecule has 0 aliphatic rings. The van der Waals surface area contributed by atoms with E-state index in [1.807, 2.05) is 61.5 Å². The SMILES string of the molecule is CCOc1cc(CC)cc(C(Nc2ccc3c(N)nccc3c2)c2nc(-c3ccccc3)cn2CC(=O)NCC(N)=O)c1F. The van der Waals surface area contributed by atoms with E-state index in [0.29, 0.717) is 35.0 Å². The first-order valence-corrected chi connectivity index (χ1v) is 14.3. The number of carbonyl (C=O) groups is 2. The molecule has 3 aromatic carbocycles. The fraction of sp³-hybridized carbons (Fsp3) is 0.212. The van der Waals surface area contributed by atoms with Crippen LogP contribution >= 0.6 is 0 Å². The van der Waals surface area contributed by atoms with Gasteiger partial charge in [0.15, 0.2) is 11.6 Å². The van der Waals surface area contributed by atoms with Crippen molar-refractivity contribution in [1.29, 1.82) is 0 Å². The largest absolute Gasteiger partial charge is 0.491 e. The minimum atomic E-state index is -0.862. The Morgan fingerprint density at radius 3 is 2.59 bits per heavy atom. The van der Waals surface area contributed by atoms with E-state index in [4.69, 9.17) is 21.2 Å². The molecule has 44 heavy (non-hydrogen) atoms. The van der Waals surface area contributed by atoms with Crippen LogP contribution in [0.5, 0.6) is 5.75 Å². The Morgan fingerprint density at radius 1 is 1.07 bits per heavy atom. The van der Waals surface area contributed by atoms with Crippen LogP contribution in [0, 0.1) is 5.82 Å². The monoisotopic (exact) mass is 595 g/mol. The Hall–Kier alpha value is -5.45. The lowest BCUT2D eigenvalue weighted by Crippen LogP contribution is -2.35. The number of nitrogens with one attached hydrogen (secondary N) is 2. The van der Waals surface area contributed by atoms with E-state index < -0.39 is 23.7 Å². The molecule has 5 aromatic rings. The average Bonchev–Trinajstić information content (AvgIpc) is 3.44. The predicted octanol–water partition coefficient (Wildman–Crippen LogP) is 4.58. The number of fused-ring (bicyclic) bond motifs is 1. The summed E-state index contributed by atoms with van der Waals surface area (Å²) in [5.74, 6) is -0.743. The second-order valence-electron chi connectivity index (χ2n) is 10.2. The maximum absolute atomic E-state index is 16.3. The molecular formula is C33H34FN7O3. The van der Waals surface area contributed by atoms with Crippen LogP contribution in [-0.2, 0) is 22.6 Å². The highest BCUT2D eigenvalue weighted by molar-refractivity contribution is 5.93. The van der Waals surface area contributed by atoms with E-state index >= 15 is 4.39 Å². The maximum atomic E-state index is 16.3. The van der Waals surface area contributed by atoms with Gasteiger partial charge in [0, 0.05) is 34.6 Å². The third-order valence-corrected chi connectivity index (χ3v) is 7.16. The number of amides is 2. The van der Waals surface area contributed by atoms with Crippen molar-refractivity contribution >= 4 is 34.1 Å². The highest BCUT2D eigenvalue weighted by Gasteiger charge is 2.28. The van der Waals surface area contributed by atoms with E-state index in [1.165, 1.54) is 0 Å². The van der Waals surface area contributed by atoms with Crippen molar-refractivity contribution < 1.29 is 18.7 Å². The molecule has 0 fully saturated rings. The second kappa shape index (κ2) is 13.2. The van der Waals surface area contributed by atoms with Gasteiger partial charge in [0.05, 0.1) is 18.8 Å². The van der Waals surface area contributed by atoms with Gasteiger partial charge in [-0.05, 0) is 54.6 Å². The Labute approximate surface area is 254 Å². The second-order valence-corrected chi connectivity index (χ2v) is 10.2. The number of hydrogen-bond acceptors (Lipinski definition) is 7. The van der Waals surface area contributed by atoms with E-state index in [2.05, 4.69) is 15.6 Å². The van der Waals surface area contributed by atoms with Gasteiger partial charge in [-0.2, -0.15) is 0 Å². The van der Waals surface area contributed by atoms with Crippen LogP contribution in [0.25, 0.3) is 22.0 Å². The van der Waals surface area contributed by atoms with Crippen LogP contribution < -0.4 is 26.8 Å². The zero-order chi connectivity index (χ0) is 31.2. The molecule has 226 valence electrons. The molecule has 1 unspecified atom stereocenters. The van der Waals surface area contributed by atoms with Crippen molar-refractivity contribution in [2.24, 2.45) is 5.73 Å². The Balaban J connectivity index is 1.69. The van der Waals surface area contributed by atoms with Gasteiger partial charge in [-0.1, -0.05) is 43.3 Å². The van der Waals surface area contributed by atoms with Crippen molar-refractivity contribution in [3.8, 4) is 17.0 Å². The normalized spacial score (nSPS) is 11.7. The summed E-state index contributed by atoms with van der Waals surface area (Å²) < 4.78 is 23.6. The third-order valence-electron chi connectivity index (χ3n) is 7.16. The van der Waals surface area contributed by atoms with Crippen LogP contribution in [0.1, 0.15) is 36.8 Å². The Morgan fingerprint density at radius 2 is 1.86 bits per heavy atom. The van der Waals surface area contributed by atoms with E-state index in [-0.39, 0.29) is 25.4 Å². The summed E-state index contributed by atoms with van der Waals surface area (Å²) in [6.45, 7) is 3.57. The number of benzene rings is 3. The molecule has 1 atom stereocenters. The van der Waals surface area contributed by atoms with Gasteiger partial charge in [-0.15, -0.1) is 0 Å². The van der Waals surface area contributed by atoms with Crippen molar-refractivity contribution in [2.45, 2.75) is 32.9 Å². The first kappa shape index (κ1) is 30.0. The average molecular weight is 596 g/mol. The Kier molecular flexibility index (Phi) is 9.03. The smallest absolute Gasteiger partial charge is 0.240 e. The van der Waals surface area contributed by atoms with Gasteiger partial charge in [0.25, 0.3) is 0 Å². The molecular weight excluding hydrogens is 561 g/mol. The molecule has 5 rings (SSSR count). The number of aromatic nitrogens is 3. The van der Waals surface area contributed by atoms with E-state index in [1.54, 1.807) is 36.0 Å². The lowest BCUT2D eigenvalue weighted by molar-refractivity contribution is -0.125. The summed E-state index contributed by atoms with van der Waals surface area (Å²) in [7, 11) is 0. The minimum Gasteiger partial charge on any atom is -0.491 e. The summed E-state index contributed by atoms with van der Waals surface area (Å²) in [5, 5.41) is 7.62. The van der Waals surface area contributed by atoms with Crippen LogP contribution in [-0.4, -0.2) is 39.5 Å². The quantitative estimate of drug-likeness (QED) is 0.165. The number of nitrogens with zero attached hydrogens (tertiary/aromatic N) is 3. The zero-order valence-electron chi connectivity index (χ0n) is 24.5. The summed E-state index contributed by atoms with van der Waals surface area (Å²) in [4.78, 5) is 33.3. The number of nitrogens with two attached hydrogens (primary N) is 2. The first-order chi connectivity index (χ1) is 21.3. The van der Waals surface area contributed by atoms with Gasteiger partial charge in [0.2, 0.25) is 11.8 Å². The molecule has 2 heterocycles. The Bertz CT molecular complexity index is 1810. The molecule has 2 amide bonds. The number of nitrogen functional groups attached to an aromatic ring is 1. The van der Waals surface area contributed by atoms with Crippen molar-refractivity contribution in [3.63, 3.8) is 0 Å². The zero-order valence-corrected chi connectivity index (χ0v) is 24.5. The number of ether oxygens (including phenoxy) is 1. The number of anilines is 2. The highest BCUT2D eigenvalue weighted by atomic mass is 19.1. The number of halogens is 1. The number of rotatable bonds is 12. The first-order valence-electron chi connectivity index (χ1n) is 14.3. The lowest BCUT2D eigenvalue weighted by atomic mass is 9.99. The molecule has 0 aliphatic heterocycles. The molecule has 0 radical (unpaired) electrons. The van der Waals surface area contributed by atoms with Crippen molar-refractivity contribution in [1.82, 2.24) is 19.9 Å². The van der Waals surface area contributed by atoms with Gasteiger partial charge >= 0.3 is 0 Å². The van der Waals surface area contributed by atoms with Crippen LogP contribution in [0.3, 0.4) is 0 Å². The summed E-state index contributed by atoms with van der Waals surface area (Å²) in [6, 6.07) is 19.5. The van der Waals surface area contributed by atoms with Gasteiger partial charge in [-0.3, -0.25) is 9.59 Å². The summed E-state index contributed by atoms with van der Waals surface area (Å²) in [6.07, 6.45) is 4.00. The predicted molar refractivity (Wildman–Crippen MR) is 168 cm³/mol. The molecule has 2 aromatic heterocycles. The maximum Gasteiger partial charge on any atom is 0.240 e. The molecule has 0 aliphatic carbocycles. The number of primary amides is 1. The molecule has 0 saturated carbocycles. The lowest BCUT2D eigenvalue weighted by Gasteiger charge is -2.24. The molecule has 0 saturated heterocycles. The molecule has 11 heteroatoms. The summed E-state index contributed by atoms with van der Waals surface area (Å²) in [5.41, 5.74) is 14.6. The number of hydrogen-bond donors (Lipinski definition) is 4. The molecule has 6 N–H and O–H groups in total. The number of pyridine rings is 1.